The SMILES string of the molecule is Oc1ccc(C2NCCNC2c2c(Cl)cc(O)cc2Cl)c(F)c1. The molecular formula is C16H15Cl2FN2O2. The van der Waals surface area contributed by atoms with E-state index in [0.29, 0.717) is 34.3 Å². The van der Waals surface area contributed by atoms with Gasteiger partial charge in [0, 0.05) is 30.3 Å². The van der Waals surface area contributed by atoms with Crippen LogP contribution in [0.3, 0.4) is 0 Å². The van der Waals surface area contributed by atoms with Crippen LogP contribution in [0.2, 0.25) is 10.0 Å². The molecule has 0 bridgehead atoms. The number of piperazine rings is 1. The van der Waals surface area contributed by atoms with E-state index in [1.807, 2.05) is 0 Å². The number of rotatable bonds is 2. The van der Waals surface area contributed by atoms with Gasteiger partial charge in [-0.3, -0.25) is 0 Å². The highest BCUT2D eigenvalue weighted by Gasteiger charge is 2.32. The van der Waals surface area contributed by atoms with Crippen molar-refractivity contribution in [3.63, 3.8) is 0 Å². The molecule has 2 aromatic carbocycles. The normalized spacial score (nSPS) is 21.3. The Labute approximate surface area is 142 Å². The van der Waals surface area contributed by atoms with E-state index in [1.54, 1.807) is 0 Å². The van der Waals surface area contributed by atoms with Crippen molar-refractivity contribution in [3.05, 3.63) is 57.3 Å². The fraction of sp³-hybridized carbons (Fsp3) is 0.250. The van der Waals surface area contributed by atoms with Crippen molar-refractivity contribution < 1.29 is 14.6 Å². The van der Waals surface area contributed by atoms with Crippen LogP contribution in [0.15, 0.2) is 30.3 Å². The van der Waals surface area contributed by atoms with Gasteiger partial charge in [0.05, 0.1) is 22.1 Å². The van der Waals surface area contributed by atoms with Gasteiger partial charge in [-0.2, -0.15) is 0 Å². The second kappa shape index (κ2) is 6.53. The van der Waals surface area contributed by atoms with Crippen molar-refractivity contribution in [1.82, 2.24) is 10.6 Å². The highest BCUT2D eigenvalue weighted by atomic mass is 35.5. The van der Waals surface area contributed by atoms with Crippen LogP contribution in [-0.4, -0.2) is 23.3 Å². The molecule has 2 atom stereocenters. The van der Waals surface area contributed by atoms with Crippen LogP contribution in [0.1, 0.15) is 23.2 Å². The molecule has 0 radical (unpaired) electrons. The van der Waals surface area contributed by atoms with Crippen molar-refractivity contribution in [2.75, 3.05) is 13.1 Å². The molecule has 2 unspecified atom stereocenters. The Hall–Kier alpha value is -1.53. The Bertz CT molecular complexity index is 719. The number of hydrogen-bond donors (Lipinski definition) is 4. The summed E-state index contributed by atoms with van der Waals surface area (Å²) in [6, 6.07) is 6.07. The molecule has 7 heteroatoms. The van der Waals surface area contributed by atoms with Crippen molar-refractivity contribution in [3.8, 4) is 11.5 Å². The van der Waals surface area contributed by atoms with Gasteiger partial charge < -0.3 is 20.8 Å². The Balaban J connectivity index is 2.06. The van der Waals surface area contributed by atoms with Gasteiger partial charge in [0.2, 0.25) is 0 Å². The minimum Gasteiger partial charge on any atom is -0.508 e. The van der Waals surface area contributed by atoms with E-state index in [0.717, 1.165) is 6.07 Å². The van der Waals surface area contributed by atoms with Gasteiger partial charge >= 0.3 is 0 Å². The van der Waals surface area contributed by atoms with E-state index >= 15 is 0 Å². The highest BCUT2D eigenvalue weighted by molar-refractivity contribution is 6.36. The van der Waals surface area contributed by atoms with Gasteiger partial charge in [-0.1, -0.05) is 29.3 Å². The summed E-state index contributed by atoms with van der Waals surface area (Å²) in [7, 11) is 0. The molecule has 1 heterocycles. The molecule has 0 aliphatic carbocycles. The van der Waals surface area contributed by atoms with Crippen molar-refractivity contribution in [2.45, 2.75) is 12.1 Å². The van der Waals surface area contributed by atoms with Crippen molar-refractivity contribution >= 4 is 23.2 Å². The van der Waals surface area contributed by atoms with E-state index in [-0.39, 0.29) is 17.5 Å². The first-order valence-electron chi connectivity index (χ1n) is 7.10. The van der Waals surface area contributed by atoms with Crippen LogP contribution < -0.4 is 10.6 Å². The largest absolute Gasteiger partial charge is 0.508 e. The van der Waals surface area contributed by atoms with Crippen LogP contribution in [0.25, 0.3) is 0 Å². The molecule has 3 rings (SSSR count). The summed E-state index contributed by atoms with van der Waals surface area (Å²) in [4.78, 5) is 0. The molecule has 4 nitrogen and oxygen atoms in total. The first-order valence-corrected chi connectivity index (χ1v) is 7.86. The zero-order valence-corrected chi connectivity index (χ0v) is 13.5. The molecule has 23 heavy (non-hydrogen) atoms. The summed E-state index contributed by atoms with van der Waals surface area (Å²) < 4.78 is 14.3. The zero-order valence-electron chi connectivity index (χ0n) is 12.0. The van der Waals surface area contributed by atoms with Gasteiger partial charge in [0.1, 0.15) is 17.3 Å². The molecule has 1 saturated heterocycles. The lowest BCUT2D eigenvalue weighted by Gasteiger charge is -2.35. The molecule has 122 valence electrons. The van der Waals surface area contributed by atoms with Crippen molar-refractivity contribution in [2.24, 2.45) is 0 Å². The predicted molar refractivity (Wildman–Crippen MR) is 87.7 cm³/mol. The Kier molecular flexibility index (Phi) is 4.64. The summed E-state index contributed by atoms with van der Waals surface area (Å²) in [6.45, 7) is 1.31. The number of nitrogens with one attached hydrogen (secondary N) is 2. The fourth-order valence-electron chi connectivity index (χ4n) is 2.89. The zero-order chi connectivity index (χ0) is 16.6. The molecule has 4 N–H and O–H groups in total. The van der Waals surface area contributed by atoms with Gasteiger partial charge in [-0.15, -0.1) is 0 Å². The standard InChI is InChI=1S/C16H15Cl2FN2O2/c17-11-5-9(23)6-12(18)14(11)16-15(20-3-4-21-16)10-2-1-8(22)7-13(10)19/h1-2,5-7,15-16,20-23H,3-4H2. The summed E-state index contributed by atoms with van der Waals surface area (Å²) in [6.07, 6.45) is 0. The molecule has 0 saturated carbocycles. The number of phenolic OH excluding ortho intramolecular Hbond substituents is 2. The lowest BCUT2D eigenvalue weighted by molar-refractivity contribution is 0.325. The van der Waals surface area contributed by atoms with Gasteiger partial charge in [0.25, 0.3) is 0 Å². The average molecular weight is 357 g/mol. The first kappa shape index (κ1) is 16.3. The van der Waals surface area contributed by atoms with Gasteiger partial charge in [-0.25, -0.2) is 4.39 Å². The van der Waals surface area contributed by atoms with Crippen LogP contribution in [0.4, 0.5) is 4.39 Å². The summed E-state index contributed by atoms with van der Waals surface area (Å²) in [5.74, 6) is -0.672. The lowest BCUT2D eigenvalue weighted by Crippen LogP contribution is -2.45. The Morgan fingerprint density at radius 2 is 1.52 bits per heavy atom. The monoisotopic (exact) mass is 356 g/mol. The summed E-state index contributed by atoms with van der Waals surface area (Å²) >= 11 is 12.5. The molecular weight excluding hydrogens is 342 g/mol. The summed E-state index contributed by atoms with van der Waals surface area (Å²) in [5, 5.41) is 26.1. The maximum atomic E-state index is 14.3. The molecule has 0 spiro atoms. The highest BCUT2D eigenvalue weighted by Crippen LogP contribution is 2.41. The van der Waals surface area contributed by atoms with Crippen LogP contribution in [0.5, 0.6) is 11.5 Å². The molecule has 1 aliphatic rings. The maximum Gasteiger partial charge on any atom is 0.131 e. The number of hydrogen-bond acceptors (Lipinski definition) is 4. The van der Waals surface area contributed by atoms with Gasteiger partial charge in [0.15, 0.2) is 0 Å². The number of halogens is 3. The third kappa shape index (κ3) is 3.23. The van der Waals surface area contributed by atoms with Crippen LogP contribution in [-0.2, 0) is 0 Å². The molecule has 0 amide bonds. The smallest absolute Gasteiger partial charge is 0.131 e. The van der Waals surface area contributed by atoms with E-state index in [4.69, 9.17) is 23.2 Å². The average Bonchev–Trinajstić information content (AvgIpc) is 2.47. The lowest BCUT2D eigenvalue weighted by atomic mass is 9.91. The second-order valence-corrected chi connectivity index (χ2v) is 6.21. The van der Waals surface area contributed by atoms with Crippen molar-refractivity contribution in [1.29, 1.82) is 0 Å². The minimum atomic E-state index is -0.512. The van der Waals surface area contributed by atoms with E-state index < -0.39 is 11.9 Å². The van der Waals surface area contributed by atoms with E-state index in [2.05, 4.69) is 10.6 Å². The number of aromatic hydroxyl groups is 2. The Morgan fingerprint density at radius 3 is 2.13 bits per heavy atom. The Morgan fingerprint density at radius 1 is 0.913 bits per heavy atom. The predicted octanol–water partition coefficient (Wildman–Crippen LogP) is 3.52. The quantitative estimate of drug-likeness (QED) is 0.664. The van der Waals surface area contributed by atoms with Crippen LogP contribution >= 0.6 is 23.2 Å². The number of phenols is 2. The second-order valence-electron chi connectivity index (χ2n) is 5.39. The third-order valence-corrected chi connectivity index (χ3v) is 4.51. The fourth-order valence-corrected chi connectivity index (χ4v) is 3.60. The topological polar surface area (TPSA) is 64.5 Å². The summed E-state index contributed by atoms with van der Waals surface area (Å²) in [5.41, 5.74) is 0.996. The minimum absolute atomic E-state index is 0.0279. The molecule has 2 aromatic rings. The third-order valence-electron chi connectivity index (χ3n) is 3.88. The molecule has 1 fully saturated rings. The van der Waals surface area contributed by atoms with Gasteiger partial charge in [-0.05, 0) is 18.2 Å². The number of benzene rings is 2. The first-order chi connectivity index (χ1) is 11.0. The van der Waals surface area contributed by atoms with E-state index in [9.17, 15) is 14.6 Å². The van der Waals surface area contributed by atoms with E-state index in [1.165, 1.54) is 24.3 Å². The molecule has 1 aliphatic heterocycles. The maximum absolute atomic E-state index is 14.3. The van der Waals surface area contributed by atoms with Crippen LogP contribution in [0, 0.1) is 5.82 Å². The molecule has 0 aromatic heterocycles.